The van der Waals surface area contributed by atoms with Gasteiger partial charge in [-0.05, 0) is 49.3 Å². The van der Waals surface area contributed by atoms with E-state index in [1.807, 2.05) is 0 Å². The van der Waals surface area contributed by atoms with Gasteiger partial charge in [0.1, 0.15) is 5.75 Å². The first-order valence-electron chi connectivity index (χ1n) is 7.54. The van der Waals surface area contributed by atoms with Gasteiger partial charge in [-0.1, -0.05) is 44.7 Å². The van der Waals surface area contributed by atoms with Gasteiger partial charge in [0.15, 0.2) is 0 Å². The number of hydrogen-bond acceptors (Lipinski definition) is 1. The minimum absolute atomic E-state index is 0.794. The van der Waals surface area contributed by atoms with Gasteiger partial charge in [-0.15, -0.1) is 0 Å². The van der Waals surface area contributed by atoms with Crippen LogP contribution >= 0.6 is 0 Å². The van der Waals surface area contributed by atoms with Gasteiger partial charge in [0.05, 0.1) is 6.61 Å². The van der Waals surface area contributed by atoms with Crippen LogP contribution in [0.2, 0.25) is 0 Å². The van der Waals surface area contributed by atoms with Crippen molar-refractivity contribution in [3.05, 3.63) is 29.3 Å². The summed E-state index contributed by atoms with van der Waals surface area (Å²) in [6.07, 6.45) is 9.30. The molecule has 1 aliphatic carbocycles. The number of rotatable bonds is 5. The number of hydrogen-bond donors (Lipinski definition) is 0. The van der Waals surface area contributed by atoms with Crippen LogP contribution in [-0.2, 0) is 0 Å². The van der Waals surface area contributed by atoms with Gasteiger partial charge in [0, 0.05) is 0 Å². The molecule has 0 heterocycles. The van der Waals surface area contributed by atoms with Crippen LogP contribution in [0.3, 0.4) is 0 Å². The Bertz CT molecular complexity index is 364. The predicted molar refractivity (Wildman–Crippen MR) is 77.4 cm³/mol. The second-order valence-electron chi connectivity index (χ2n) is 5.56. The Hall–Kier alpha value is -0.980. The van der Waals surface area contributed by atoms with Crippen molar-refractivity contribution in [1.29, 1.82) is 0 Å². The van der Waals surface area contributed by atoms with Crippen LogP contribution in [0.4, 0.5) is 0 Å². The molecular formula is C17H26O. The standard InChI is InChI=1S/C17H26O/c1-3-4-12-18-17-11-10-16(13-14(17)2)15-8-6-5-7-9-15/h10-11,13,15H,3-9,12H2,1-2H3. The van der Waals surface area contributed by atoms with Crippen LogP contribution in [0.5, 0.6) is 5.75 Å². The van der Waals surface area contributed by atoms with Crippen LogP contribution in [-0.4, -0.2) is 6.61 Å². The summed E-state index contributed by atoms with van der Waals surface area (Å²) in [7, 11) is 0. The van der Waals surface area contributed by atoms with Gasteiger partial charge in [0.25, 0.3) is 0 Å². The fourth-order valence-electron chi connectivity index (χ4n) is 2.85. The zero-order chi connectivity index (χ0) is 12.8. The summed E-state index contributed by atoms with van der Waals surface area (Å²) in [6.45, 7) is 5.22. The highest BCUT2D eigenvalue weighted by atomic mass is 16.5. The van der Waals surface area contributed by atoms with Crippen molar-refractivity contribution in [2.24, 2.45) is 0 Å². The molecule has 0 amide bonds. The molecule has 0 radical (unpaired) electrons. The van der Waals surface area contributed by atoms with Gasteiger partial charge in [-0.25, -0.2) is 0 Å². The molecule has 1 heteroatoms. The summed E-state index contributed by atoms with van der Waals surface area (Å²) >= 11 is 0. The summed E-state index contributed by atoms with van der Waals surface area (Å²) in [4.78, 5) is 0. The molecule has 0 atom stereocenters. The molecule has 0 aromatic heterocycles. The van der Waals surface area contributed by atoms with Crippen molar-refractivity contribution in [3.63, 3.8) is 0 Å². The van der Waals surface area contributed by atoms with E-state index in [1.165, 1.54) is 49.7 Å². The van der Waals surface area contributed by atoms with E-state index in [4.69, 9.17) is 4.74 Å². The highest BCUT2D eigenvalue weighted by Crippen LogP contribution is 2.34. The molecule has 1 nitrogen and oxygen atoms in total. The van der Waals surface area contributed by atoms with E-state index in [2.05, 4.69) is 32.0 Å². The summed E-state index contributed by atoms with van der Waals surface area (Å²) in [5.41, 5.74) is 2.82. The van der Waals surface area contributed by atoms with E-state index in [0.29, 0.717) is 0 Å². The lowest BCUT2D eigenvalue weighted by atomic mass is 9.83. The van der Waals surface area contributed by atoms with E-state index in [0.717, 1.165) is 24.7 Å². The van der Waals surface area contributed by atoms with Gasteiger partial charge >= 0.3 is 0 Å². The second-order valence-corrected chi connectivity index (χ2v) is 5.56. The van der Waals surface area contributed by atoms with E-state index >= 15 is 0 Å². The molecule has 1 fully saturated rings. The van der Waals surface area contributed by atoms with Gasteiger partial charge in [-0.2, -0.15) is 0 Å². The van der Waals surface area contributed by atoms with Crippen LogP contribution in [0.15, 0.2) is 18.2 Å². The Morgan fingerprint density at radius 3 is 2.61 bits per heavy atom. The van der Waals surface area contributed by atoms with Crippen LogP contribution < -0.4 is 4.74 Å². The van der Waals surface area contributed by atoms with Crippen molar-refractivity contribution in [2.75, 3.05) is 6.61 Å². The predicted octanol–water partition coefficient (Wildman–Crippen LogP) is 5.22. The Morgan fingerprint density at radius 1 is 1.17 bits per heavy atom. The van der Waals surface area contributed by atoms with Crippen LogP contribution in [0.25, 0.3) is 0 Å². The largest absolute Gasteiger partial charge is 0.493 e. The van der Waals surface area contributed by atoms with E-state index in [1.54, 1.807) is 0 Å². The Morgan fingerprint density at radius 2 is 1.94 bits per heavy atom. The second kappa shape index (κ2) is 6.82. The van der Waals surface area contributed by atoms with Gasteiger partial charge in [0.2, 0.25) is 0 Å². The molecule has 18 heavy (non-hydrogen) atoms. The van der Waals surface area contributed by atoms with Crippen molar-refractivity contribution < 1.29 is 4.74 Å². The van der Waals surface area contributed by atoms with Crippen LogP contribution in [0.1, 0.15) is 68.9 Å². The number of unbranched alkanes of at least 4 members (excludes halogenated alkanes) is 1. The molecular weight excluding hydrogens is 220 g/mol. The smallest absolute Gasteiger partial charge is 0.122 e. The molecule has 0 bridgehead atoms. The maximum atomic E-state index is 5.82. The molecule has 1 aromatic rings. The van der Waals surface area contributed by atoms with E-state index < -0.39 is 0 Å². The summed E-state index contributed by atoms with van der Waals surface area (Å²) < 4.78 is 5.82. The zero-order valence-electron chi connectivity index (χ0n) is 11.9. The maximum Gasteiger partial charge on any atom is 0.122 e. The molecule has 1 saturated carbocycles. The Balaban J connectivity index is 1.99. The topological polar surface area (TPSA) is 9.23 Å². The lowest BCUT2D eigenvalue weighted by molar-refractivity contribution is 0.307. The molecule has 0 N–H and O–H groups in total. The zero-order valence-corrected chi connectivity index (χ0v) is 11.9. The first-order chi connectivity index (χ1) is 8.81. The lowest BCUT2D eigenvalue weighted by Gasteiger charge is -2.22. The maximum absolute atomic E-state index is 5.82. The minimum atomic E-state index is 0.794. The average Bonchev–Trinajstić information content (AvgIpc) is 2.42. The molecule has 0 aliphatic heterocycles. The van der Waals surface area contributed by atoms with Crippen LogP contribution in [0, 0.1) is 6.92 Å². The van der Waals surface area contributed by atoms with Crippen molar-refractivity contribution in [2.45, 2.75) is 64.7 Å². The normalized spacial score (nSPS) is 16.8. The third-order valence-corrected chi connectivity index (χ3v) is 4.03. The molecule has 1 aromatic carbocycles. The third kappa shape index (κ3) is 3.51. The number of ether oxygens (including phenoxy) is 1. The van der Waals surface area contributed by atoms with Gasteiger partial charge < -0.3 is 4.74 Å². The SMILES string of the molecule is CCCCOc1ccc(C2CCCCC2)cc1C. The Labute approximate surface area is 112 Å². The molecule has 0 saturated heterocycles. The first-order valence-corrected chi connectivity index (χ1v) is 7.54. The lowest BCUT2D eigenvalue weighted by Crippen LogP contribution is -2.05. The molecule has 0 spiro atoms. The van der Waals surface area contributed by atoms with Crippen molar-refractivity contribution in [3.8, 4) is 5.75 Å². The molecule has 1 aliphatic rings. The van der Waals surface area contributed by atoms with E-state index in [-0.39, 0.29) is 0 Å². The first kappa shape index (κ1) is 13.5. The highest BCUT2D eigenvalue weighted by Gasteiger charge is 2.16. The summed E-state index contributed by atoms with van der Waals surface area (Å²) in [5, 5.41) is 0. The quantitative estimate of drug-likeness (QED) is 0.647. The molecule has 100 valence electrons. The minimum Gasteiger partial charge on any atom is -0.493 e. The summed E-state index contributed by atoms with van der Waals surface area (Å²) in [6, 6.07) is 6.80. The Kier molecular flexibility index (Phi) is 5.10. The van der Waals surface area contributed by atoms with Crippen molar-refractivity contribution in [1.82, 2.24) is 0 Å². The molecule has 0 unspecified atom stereocenters. The average molecular weight is 246 g/mol. The van der Waals surface area contributed by atoms with Crippen molar-refractivity contribution >= 4 is 0 Å². The van der Waals surface area contributed by atoms with E-state index in [9.17, 15) is 0 Å². The highest BCUT2D eigenvalue weighted by molar-refractivity contribution is 5.37. The fraction of sp³-hybridized carbons (Fsp3) is 0.647. The number of benzene rings is 1. The van der Waals surface area contributed by atoms with Gasteiger partial charge in [-0.3, -0.25) is 0 Å². The fourth-order valence-corrected chi connectivity index (χ4v) is 2.85. The summed E-state index contributed by atoms with van der Waals surface area (Å²) in [5.74, 6) is 1.87. The number of aryl methyl sites for hydroxylation is 1. The monoisotopic (exact) mass is 246 g/mol. The molecule has 2 rings (SSSR count). The third-order valence-electron chi connectivity index (χ3n) is 4.03.